The highest BCUT2D eigenvalue weighted by atomic mass is 35.5. The molecule has 2 N–H and O–H groups in total. The van der Waals surface area contributed by atoms with Crippen LogP contribution in [-0.2, 0) is 10.0 Å². The van der Waals surface area contributed by atoms with Gasteiger partial charge in [-0.05, 0) is 44.5 Å². The van der Waals surface area contributed by atoms with Gasteiger partial charge in [-0.3, -0.25) is 4.72 Å². The van der Waals surface area contributed by atoms with Crippen molar-refractivity contribution in [1.82, 2.24) is 5.32 Å². The van der Waals surface area contributed by atoms with Crippen LogP contribution in [0, 0.1) is 6.92 Å². The predicted octanol–water partition coefficient (Wildman–Crippen LogP) is 2.78. The van der Waals surface area contributed by atoms with E-state index in [0.29, 0.717) is 17.3 Å². The van der Waals surface area contributed by atoms with Gasteiger partial charge < -0.3 is 5.32 Å². The highest BCUT2D eigenvalue weighted by Crippen LogP contribution is 2.24. The first kappa shape index (κ1) is 16.3. The third-order valence-electron chi connectivity index (χ3n) is 2.76. The van der Waals surface area contributed by atoms with E-state index < -0.39 is 15.3 Å². The molecule has 0 fully saturated rings. The largest absolute Gasteiger partial charge is 0.315 e. The molecule has 1 aromatic rings. The van der Waals surface area contributed by atoms with Crippen molar-refractivity contribution in [3.8, 4) is 0 Å². The molecule has 0 aliphatic carbocycles. The Hall–Kier alpha value is -0.780. The minimum Gasteiger partial charge on any atom is -0.315 e. The molecule has 1 rings (SSSR count). The van der Waals surface area contributed by atoms with Crippen molar-refractivity contribution >= 4 is 27.3 Å². The molecule has 0 saturated heterocycles. The van der Waals surface area contributed by atoms with Crippen molar-refractivity contribution in [2.24, 2.45) is 0 Å². The number of hydrogen-bond donors (Lipinski definition) is 2. The maximum absolute atomic E-state index is 12.1. The number of benzene rings is 1. The number of nitrogens with one attached hydrogen (secondary N) is 2. The van der Waals surface area contributed by atoms with Crippen LogP contribution < -0.4 is 10.0 Å². The zero-order valence-electron chi connectivity index (χ0n) is 11.5. The predicted molar refractivity (Wildman–Crippen MR) is 81.4 cm³/mol. The van der Waals surface area contributed by atoms with E-state index in [1.165, 1.54) is 0 Å². The highest BCUT2D eigenvalue weighted by Gasteiger charge is 2.21. The maximum atomic E-state index is 12.1. The summed E-state index contributed by atoms with van der Waals surface area (Å²) in [5.41, 5.74) is 1.39. The summed E-state index contributed by atoms with van der Waals surface area (Å²) in [4.78, 5) is 0. The summed E-state index contributed by atoms with van der Waals surface area (Å²) in [5.74, 6) is 0. The lowest BCUT2D eigenvalue weighted by molar-refractivity contribution is 0.576. The topological polar surface area (TPSA) is 58.2 Å². The third kappa shape index (κ3) is 5.01. The number of halogens is 1. The summed E-state index contributed by atoms with van der Waals surface area (Å²) in [6.07, 6.45) is 0.976. The molecule has 108 valence electrons. The van der Waals surface area contributed by atoms with Crippen LogP contribution in [0.25, 0.3) is 0 Å². The Balaban J connectivity index is 2.75. The Morgan fingerprint density at radius 2 is 2.05 bits per heavy atom. The minimum absolute atomic E-state index is 0.405. The van der Waals surface area contributed by atoms with Gasteiger partial charge in [0.05, 0.1) is 16.0 Å². The van der Waals surface area contributed by atoms with Gasteiger partial charge in [0, 0.05) is 6.54 Å². The summed E-state index contributed by atoms with van der Waals surface area (Å²) in [6, 6.07) is 5.26. The molecule has 0 amide bonds. The molecule has 1 atom stereocenters. The molecule has 0 spiro atoms. The van der Waals surface area contributed by atoms with E-state index in [-0.39, 0.29) is 0 Å². The molecule has 19 heavy (non-hydrogen) atoms. The van der Waals surface area contributed by atoms with Crippen LogP contribution in [0.5, 0.6) is 0 Å². The molecule has 6 heteroatoms. The summed E-state index contributed by atoms with van der Waals surface area (Å²) in [5, 5.41) is 2.99. The zero-order valence-corrected chi connectivity index (χ0v) is 13.1. The highest BCUT2D eigenvalue weighted by molar-refractivity contribution is 7.93. The van der Waals surface area contributed by atoms with Gasteiger partial charge in [-0.15, -0.1) is 0 Å². The lowest BCUT2D eigenvalue weighted by atomic mass is 10.2. The molecule has 4 nitrogen and oxygen atoms in total. The Bertz CT molecular complexity index is 517. The van der Waals surface area contributed by atoms with Crippen molar-refractivity contribution < 1.29 is 8.42 Å². The van der Waals surface area contributed by atoms with E-state index in [2.05, 4.69) is 10.0 Å². The van der Waals surface area contributed by atoms with Crippen LogP contribution in [0.15, 0.2) is 18.2 Å². The van der Waals surface area contributed by atoms with Crippen LogP contribution in [0.2, 0.25) is 5.02 Å². The normalized spacial score (nSPS) is 13.3. The van der Waals surface area contributed by atoms with Gasteiger partial charge in [0.2, 0.25) is 10.0 Å². The Morgan fingerprint density at radius 1 is 1.37 bits per heavy atom. The number of rotatable bonds is 7. The first-order chi connectivity index (χ1) is 8.86. The Morgan fingerprint density at radius 3 is 2.68 bits per heavy atom. The summed E-state index contributed by atoms with van der Waals surface area (Å²) in [7, 11) is -3.43. The second kappa shape index (κ2) is 7.12. The second-order valence-electron chi connectivity index (χ2n) is 4.65. The van der Waals surface area contributed by atoms with Gasteiger partial charge in [-0.1, -0.05) is 24.6 Å². The average Bonchev–Trinajstić information content (AvgIpc) is 2.33. The minimum atomic E-state index is -3.43. The lowest BCUT2D eigenvalue weighted by Gasteiger charge is -2.16. The zero-order chi connectivity index (χ0) is 14.5. The summed E-state index contributed by atoms with van der Waals surface area (Å²) >= 11 is 5.99. The fraction of sp³-hybridized carbons (Fsp3) is 0.538. The van der Waals surface area contributed by atoms with Crippen LogP contribution in [0.4, 0.5) is 5.69 Å². The molecule has 0 saturated carbocycles. The number of anilines is 1. The number of hydrogen-bond acceptors (Lipinski definition) is 3. The molecule has 0 bridgehead atoms. The van der Waals surface area contributed by atoms with E-state index in [1.54, 1.807) is 19.1 Å². The molecular formula is C13H21ClN2O2S. The van der Waals surface area contributed by atoms with E-state index in [1.807, 2.05) is 19.9 Å². The summed E-state index contributed by atoms with van der Waals surface area (Å²) < 4.78 is 26.9. The van der Waals surface area contributed by atoms with Crippen LogP contribution >= 0.6 is 11.6 Å². The van der Waals surface area contributed by atoms with E-state index in [9.17, 15) is 8.42 Å². The van der Waals surface area contributed by atoms with Crippen molar-refractivity contribution in [2.45, 2.75) is 32.4 Å². The smallest absolute Gasteiger partial charge is 0.236 e. The van der Waals surface area contributed by atoms with Gasteiger partial charge in [0.1, 0.15) is 0 Å². The van der Waals surface area contributed by atoms with E-state index in [4.69, 9.17) is 11.6 Å². The lowest BCUT2D eigenvalue weighted by Crippen LogP contribution is -2.35. The third-order valence-corrected chi connectivity index (χ3v) is 4.82. The first-order valence-electron chi connectivity index (χ1n) is 6.35. The second-order valence-corrected chi connectivity index (χ2v) is 7.15. The summed E-state index contributed by atoms with van der Waals surface area (Å²) in [6.45, 7) is 6.84. The van der Waals surface area contributed by atoms with Gasteiger partial charge in [-0.2, -0.15) is 0 Å². The van der Waals surface area contributed by atoms with Crippen LogP contribution in [0.3, 0.4) is 0 Å². The number of sulfonamides is 1. The first-order valence-corrected chi connectivity index (χ1v) is 8.27. The SMILES string of the molecule is CCCNCC(C)S(=O)(=O)Nc1cc(C)ccc1Cl. The average molecular weight is 305 g/mol. The molecule has 0 aromatic heterocycles. The fourth-order valence-corrected chi connectivity index (χ4v) is 2.80. The quantitative estimate of drug-likeness (QED) is 0.762. The Kier molecular flexibility index (Phi) is 6.10. The molecule has 0 aliphatic heterocycles. The monoisotopic (exact) mass is 304 g/mol. The molecule has 0 radical (unpaired) electrons. The van der Waals surface area contributed by atoms with Crippen molar-refractivity contribution in [1.29, 1.82) is 0 Å². The Labute approximate surface area is 120 Å². The molecule has 0 aliphatic rings. The van der Waals surface area contributed by atoms with Gasteiger partial charge >= 0.3 is 0 Å². The van der Waals surface area contributed by atoms with Crippen molar-refractivity contribution in [3.63, 3.8) is 0 Å². The molecule has 1 aromatic carbocycles. The molecule has 1 unspecified atom stereocenters. The standard InChI is InChI=1S/C13H21ClN2O2S/c1-4-7-15-9-11(3)19(17,18)16-13-8-10(2)5-6-12(13)14/h5-6,8,11,15-16H,4,7,9H2,1-3H3. The van der Waals surface area contributed by atoms with Gasteiger partial charge in [-0.25, -0.2) is 8.42 Å². The molecular weight excluding hydrogens is 284 g/mol. The van der Waals surface area contributed by atoms with Crippen LogP contribution in [-0.4, -0.2) is 26.8 Å². The van der Waals surface area contributed by atoms with Gasteiger partial charge in [0.15, 0.2) is 0 Å². The van der Waals surface area contributed by atoms with Crippen molar-refractivity contribution in [2.75, 3.05) is 17.8 Å². The fourth-order valence-electron chi connectivity index (χ4n) is 1.56. The number of aryl methyl sites for hydroxylation is 1. The maximum Gasteiger partial charge on any atom is 0.236 e. The molecule has 0 heterocycles. The van der Waals surface area contributed by atoms with E-state index >= 15 is 0 Å². The van der Waals surface area contributed by atoms with E-state index in [0.717, 1.165) is 18.5 Å². The van der Waals surface area contributed by atoms with Crippen molar-refractivity contribution in [3.05, 3.63) is 28.8 Å². The van der Waals surface area contributed by atoms with Crippen LogP contribution in [0.1, 0.15) is 25.8 Å². The van der Waals surface area contributed by atoms with Gasteiger partial charge in [0.25, 0.3) is 0 Å².